The largest absolute Gasteiger partial charge is 0.380 e. The number of nitro benzene ring substituents is 1. The van der Waals surface area contributed by atoms with Gasteiger partial charge in [-0.3, -0.25) is 15.1 Å². The van der Waals surface area contributed by atoms with Crippen LogP contribution in [0.4, 0.5) is 11.4 Å². The van der Waals surface area contributed by atoms with Crippen molar-refractivity contribution in [3.05, 3.63) is 86.4 Å². The Hall–Kier alpha value is -3.08. The van der Waals surface area contributed by atoms with Gasteiger partial charge in [-0.05, 0) is 68.1 Å². The Morgan fingerprint density at radius 3 is 2.48 bits per heavy atom. The first-order chi connectivity index (χ1) is 15.7. The van der Waals surface area contributed by atoms with Crippen molar-refractivity contribution < 1.29 is 13.3 Å². The van der Waals surface area contributed by atoms with Gasteiger partial charge in [-0.25, -0.2) is 18.1 Å². The first-order valence-electron chi connectivity index (χ1n) is 10.2. The number of rotatable bonds is 10. The third kappa shape index (κ3) is 6.70. The number of sulfonamides is 1. The van der Waals surface area contributed by atoms with E-state index < -0.39 is 14.9 Å². The maximum Gasteiger partial charge on any atom is 0.274 e. The van der Waals surface area contributed by atoms with Crippen molar-refractivity contribution in [2.75, 3.05) is 11.9 Å². The Labute approximate surface area is 197 Å². The van der Waals surface area contributed by atoms with Gasteiger partial charge in [0.25, 0.3) is 5.69 Å². The van der Waals surface area contributed by atoms with Crippen LogP contribution in [-0.4, -0.2) is 29.9 Å². The molecule has 0 spiro atoms. The number of pyridine rings is 2. The fourth-order valence-electron chi connectivity index (χ4n) is 3.35. The zero-order chi connectivity index (χ0) is 24.0. The first-order valence-corrected chi connectivity index (χ1v) is 12.1. The minimum atomic E-state index is -3.92. The van der Waals surface area contributed by atoms with E-state index in [4.69, 9.17) is 11.6 Å². The van der Waals surface area contributed by atoms with Crippen molar-refractivity contribution in [1.29, 1.82) is 0 Å². The van der Waals surface area contributed by atoms with Gasteiger partial charge in [0, 0.05) is 42.8 Å². The Morgan fingerprint density at radius 1 is 1.09 bits per heavy atom. The summed E-state index contributed by atoms with van der Waals surface area (Å²) in [7, 11) is -3.92. The SMILES string of the molecule is Cc1cc(CNc2cc([N+](=O)[O-])c(C)cc2S(=O)(=O)NCCCc2ccncc2)cc(Cl)n1. The van der Waals surface area contributed by atoms with E-state index in [0.717, 1.165) is 11.1 Å². The van der Waals surface area contributed by atoms with Crippen LogP contribution in [0.3, 0.4) is 0 Å². The Bertz CT molecular complexity index is 1230. The van der Waals surface area contributed by atoms with Crippen LogP contribution in [0.2, 0.25) is 5.15 Å². The zero-order valence-corrected chi connectivity index (χ0v) is 19.8. The normalized spacial score (nSPS) is 11.4. The molecule has 2 heterocycles. The average Bonchev–Trinajstić information content (AvgIpc) is 2.75. The van der Waals surface area contributed by atoms with Crippen LogP contribution in [-0.2, 0) is 23.0 Å². The Kier molecular flexibility index (Phi) is 7.96. The number of nitrogens with zero attached hydrogens (tertiary/aromatic N) is 3. The Balaban J connectivity index is 1.80. The van der Waals surface area contributed by atoms with E-state index in [2.05, 4.69) is 20.0 Å². The first kappa shape index (κ1) is 24.6. The van der Waals surface area contributed by atoms with Crippen LogP contribution in [0.1, 0.15) is 28.8 Å². The summed E-state index contributed by atoms with van der Waals surface area (Å²) in [6, 6.07) is 9.77. The number of halogens is 1. The van der Waals surface area contributed by atoms with E-state index in [1.165, 1.54) is 19.1 Å². The van der Waals surface area contributed by atoms with Gasteiger partial charge in [0.2, 0.25) is 10.0 Å². The summed E-state index contributed by atoms with van der Waals surface area (Å²) < 4.78 is 28.7. The molecule has 11 heteroatoms. The molecule has 0 unspecified atom stereocenters. The molecule has 0 aliphatic heterocycles. The number of aryl methyl sites for hydroxylation is 3. The minimum Gasteiger partial charge on any atom is -0.380 e. The average molecular weight is 490 g/mol. The number of hydrogen-bond acceptors (Lipinski definition) is 7. The van der Waals surface area contributed by atoms with E-state index in [-0.39, 0.29) is 34.9 Å². The summed E-state index contributed by atoms with van der Waals surface area (Å²) in [5, 5.41) is 14.7. The molecular weight excluding hydrogens is 466 g/mol. The van der Waals surface area contributed by atoms with Crippen LogP contribution < -0.4 is 10.0 Å². The lowest BCUT2D eigenvalue weighted by molar-refractivity contribution is -0.385. The van der Waals surface area contributed by atoms with Crippen molar-refractivity contribution in [3.63, 3.8) is 0 Å². The number of nitrogens with one attached hydrogen (secondary N) is 2. The van der Waals surface area contributed by atoms with Gasteiger partial charge in [-0.2, -0.15) is 0 Å². The summed E-state index contributed by atoms with van der Waals surface area (Å²) in [5.74, 6) is 0. The lowest BCUT2D eigenvalue weighted by atomic mass is 10.1. The van der Waals surface area contributed by atoms with E-state index in [9.17, 15) is 18.5 Å². The quantitative estimate of drug-likeness (QED) is 0.189. The molecule has 174 valence electrons. The van der Waals surface area contributed by atoms with Gasteiger partial charge in [0.15, 0.2) is 0 Å². The molecule has 2 N–H and O–H groups in total. The van der Waals surface area contributed by atoms with E-state index >= 15 is 0 Å². The smallest absolute Gasteiger partial charge is 0.274 e. The van der Waals surface area contributed by atoms with E-state index in [1.807, 2.05) is 12.1 Å². The summed E-state index contributed by atoms with van der Waals surface area (Å²) in [4.78, 5) is 18.9. The fraction of sp³-hybridized carbons (Fsp3) is 0.273. The highest BCUT2D eigenvalue weighted by Gasteiger charge is 2.23. The second-order valence-corrected chi connectivity index (χ2v) is 9.66. The number of nitro groups is 1. The van der Waals surface area contributed by atoms with Crippen molar-refractivity contribution in [3.8, 4) is 0 Å². The second kappa shape index (κ2) is 10.7. The lowest BCUT2D eigenvalue weighted by Crippen LogP contribution is -2.26. The summed E-state index contributed by atoms with van der Waals surface area (Å²) in [6.45, 7) is 3.74. The van der Waals surface area contributed by atoms with Gasteiger partial charge in [-0.1, -0.05) is 11.6 Å². The molecule has 0 fully saturated rings. The molecule has 0 saturated carbocycles. The molecule has 3 aromatic rings. The molecule has 0 radical (unpaired) electrons. The van der Waals surface area contributed by atoms with Crippen LogP contribution >= 0.6 is 11.6 Å². The molecule has 9 nitrogen and oxygen atoms in total. The second-order valence-electron chi connectivity index (χ2n) is 7.54. The molecule has 0 amide bonds. The fourth-order valence-corrected chi connectivity index (χ4v) is 4.94. The van der Waals surface area contributed by atoms with Gasteiger partial charge in [-0.15, -0.1) is 0 Å². The minimum absolute atomic E-state index is 0.0496. The number of hydrogen-bond donors (Lipinski definition) is 2. The Morgan fingerprint density at radius 2 is 1.82 bits per heavy atom. The highest BCUT2D eigenvalue weighted by molar-refractivity contribution is 7.89. The molecule has 2 aromatic heterocycles. The van der Waals surface area contributed by atoms with E-state index in [1.54, 1.807) is 31.5 Å². The third-order valence-corrected chi connectivity index (χ3v) is 6.63. The van der Waals surface area contributed by atoms with Crippen LogP contribution in [0, 0.1) is 24.0 Å². The van der Waals surface area contributed by atoms with E-state index in [0.29, 0.717) is 23.7 Å². The monoisotopic (exact) mass is 489 g/mol. The number of aromatic nitrogens is 2. The third-order valence-electron chi connectivity index (χ3n) is 4.93. The molecule has 33 heavy (non-hydrogen) atoms. The predicted molar refractivity (Wildman–Crippen MR) is 127 cm³/mol. The maximum atomic E-state index is 13.1. The van der Waals surface area contributed by atoms with Gasteiger partial charge in [0.05, 0.1) is 10.6 Å². The molecule has 0 saturated heterocycles. The van der Waals surface area contributed by atoms with Gasteiger partial charge in [0.1, 0.15) is 10.0 Å². The molecule has 0 bridgehead atoms. The van der Waals surface area contributed by atoms with Crippen LogP contribution in [0.25, 0.3) is 0 Å². The topological polar surface area (TPSA) is 127 Å². The highest BCUT2D eigenvalue weighted by atomic mass is 35.5. The van der Waals surface area contributed by atoms with Crippen molar-refractivity contribution in [1.82, 2.24) is 14.7 Å². The highest BCUT2D eigenvalue weighted by Crippen LogP contribution is 2.30. The zero-order valence-electron chi connectivity index (χ0n) is 18.2. The summed E-state index contributed by atoms with van der Waals surface area (Å²) in [5.41, 5.74) is 2.76. The molecule has 0 atom stereocenters. The summed E-state index contributed by atoms with van der Waals surface area (Å²) >= 11 is 6.00. The predicted octanol–water partition coefficient (Wildman–Crippen LogP) is 4.18. The van der Waals surface area contributed by atoms with Crippen LogP contribution in [0.15, 0.2) is 53.7 Å². The molecule has 0 aliphatic carbocycles. The van der Waals surface area contributed by atoms with Crippen molar-refractivity contribution in [2.24, 2.45) is 0 Å². The molecular formula is C22H24ClN5O4S. The molecule has 3 rings (SSSR count). The summed E-state index contributed by atoms with van der Waals surface area (Å²) in [6.07, 6.45) is 4.66. The van der Waals surface area contributed by atoms with Crippen LogP contribution in [0.5, 0.6) is 0 Å². The van der Waals surface area contributed by atoms with Crippen molar-refractivity contribution in [2.45, 2.75) is 38.1 Å². The molecule has 0 aliphatic rings. The lowest BCUT2D eigenvalue weighted by Gasteiger charge is -2.15. The molecule has 1 aromatic carbocycles. The maximum absolute atomic E-state index is 13.1. The van der Waals surface area contributed by atoms with Gasteiger partial charge < -0.3 is 5.32 Å². The van der Waals surface area contributed by atoms with Crippen molar-refractivity contribution >= 4 is 33.0 Å². The standard InChI is InChI=1S/C22H24ClN5O4S/c1-15-10-21(33(31,32)26-7-3-4-17-5-8-24-9-6-17)19(13-20(15)28(29)30)25-14-18-11-16(2)27-22(23)12-18/h5-6,8-13,25-26H,3-4,7,14H2,1-2H3. The number of benzene rings is 1. The van der Waals surface area contributed by atoms with Gasteiger partial charge >= 0.3 is 0 Å². The number of anilines is 1.